The van der Waals surface area contributed by atoms with E-state index in [4.69, 9.17) is 14.9 Å². The second-order valence-electron chi connectivity index (χ2n) is 3.63. The van der Waals surface area contributed by atoms with E-state index in [9.17, 15) is 10.1 Å². The van der Waals surface area contributed by atoms with E-state index in [1.807, 2.05) is 0 Å². The van der Waals surface area contributed by atoms with Gasteiger partial charge in [0.25, 0.3) is 0 Å². The summed E-state index contributed by atoms with van der Waals surface area (Å²) in [6.45, 7) is 1.23. The first-order chi connectivity index (χ1) is 8.10. The molecular formula is C9H15N3O5. The normalized spacial score (nSPS) is 14.5. The molecule has 8 heteroatoms. The maximum atomic E-state index is 10.6. The molecule has 1 aromatic heterocycles. The molecule has 8 nitrogen and oxygen atoms in total. The quantitative estimate of drug-likeness (QED) is 0.506. The molecule has 2 N–H and O–H groups in total. The predicted octanol–water partition coefficient (Wildman–Crippen LogP) is -0.245. The van der Waals surface area contributed by atoms with Gasteiger partial charge < -0.3 is 25.1 Å². The Balaban J connectivity index is 2.59. The van der Waals surface area contributed by atoms with E-state index in [-0.39, 0.29) is 31.8 Å². The largest absolute Gasteiger partial charge is 0.436 e. The molecular weight excluding hydrogens is 230 g/mol. The first kappa shape index (κ1) is 13.6. The third-order valence-electron chi connectivity index (χ3n) is 2.39. The van der Waals surface area contributed by atoms with Crippen LogP contribution in [0.15, 0.2) is 12.4 Å². The highest BCUT2D eigenvalue weighted by Gasteiger charge is 2.19. The number of rotatable bonds is 7. The van der Waals surface area contributed by atoms with Crippen molar-refractivity contribution >= 4 is 5.95 Å². The fourth-order valence-corrected chi connectivity index (χ4v) is 1.26. The van der Waals surface area contributed by atoms with E-state index in [1.165, 1.54) is 17.0 Å². The van der Waals surface area contributed by atoms with Crippen molar-refractivity contribution in [2.75, 3.05) is 13.2 Å². The molecule has 0 aliphatic heterocycles. The van der Waals surface area contributed by atoms with Gasteiger partial charge in [0.1, 0.15) is 12.4 Å². The predicted molar refractivity (Wildman–Crippen MR) is 57.1 cm³/mol. The van der Waals surface area contributed by atoms with Crippen molar-refractivity contribution in [1.29, 1.82) is 0 Å². The molecule has 0 fully saturated rings. The van der Waals surface area contributed by atoms with Crippen LogP contribution < -0.4 is 0 Å². The summed E-state index contributed by atoms with van der Waals surface area (Å²) in [4.78, 5) is 13.5. The van der Waals surface area contributed by atoms with Crippen molar-refractivity contribution in [2.45, 2.75) is 19.8 Å². The Bertz CT molecular complexity index is 367. The number of nitrogens with zero attached hydrogens (tertiary/aromatic N) is 3. The number of hydrogen-bond donors (Lipinski definition) is 2. The molecule has 0 saturated carbocycles. The summed E-state index contributed by atoms with van der Waals surface area (Å²) in [7, 11) is 0. The summed E-state index contributed by atoms with van der Waals surface area (Å²) in [6.07, 6.45) is 2.14. The van der Waals surface area contributed by atoms with E-state index in [0.29, 0.717) is 0 Å². The Kier molecular flexibility index (Phi) is 5.01. The zero-order valence-corrected chi connectivity index (χ0v) is 9.39. The highest BCUT2D eigenvalue weighted by Crippen LogP contribution is 2.11. The molecule has 0 saturated heterocycles. The zero-order chi connectivity index (χ0) is 12.8. The van der Waals surface area contributed by atoms with Crippen LogP contribution in [0.4, 0.5) is 5.95 Å². The van der Waals surface area contributed by atoms with E-state index in [0.717, 1.165) is 0 Å². The zero-order valence-electron chi connectivity index (χ0n) is 9.39. The SMILES string of the molecule is CC(CO)C(CO)OCn1ccnc1[N+](=O)[O-]. The number of aliphatic hydroxyl groups is 2. The Labute approximate surface area is 97.6 Å². The van der Waals surface area contributed by atoms with Crippen LogP contribution >= 0.6 is 0 Å². The fraction of sp³-hybridized carbons (Fsp3) is 0.667. The van der Waals surface area contributed by atoms with E-state index in [1.54, 1.807) is 6.92 Å². The monoisotopic (exact) mass is 245 g/mol. The number of ether oxygens (including phenoxy) is 1. The number of aromatic nitrogens is 2. The van der Waals surface area contributed by atoms with Crippen molar-refractivity contribution in [2.24, 2.45) is 5.92 Å². The van der Waals surface area contributed by atoms with Crippen LogP contribution in [0.25, 0.3) is 0 Å². The molecule has 2 unspecified atom stereocenters. The standard InChI is InChI=1S/C9H15N3O5/c1-7(4-13)8(5-14)17-6-11-3-2-10-9(11)12(15)16/h2-3,7-8,13-14H,4-6H2,1H3. The molecule has 0 radical (unpaired) electrons. The molecule has 0 amide bonds. The lowest BCUT2D eigenvalue weighted by Gasteiger charge is -2.19. The van der Waals surface area contributed by atoms with E-state index in [2.05, 4.69) is 4.98 Å². The Morgan fingerprint density at radius 1 is 1.59 bits per heavy atom. The van der Waals surface area contributed by atoms with Crippen molar-refractivity contribution < 1.29 is 19.9 Å². The molecule has 1 aromatic rings. The van der Waals surface area contributed by atoms with Crippen LogP contribution in [-0.4, -0.2) is 44.0 Å². The maximum absolute atomic E-state index is 10.6. The molecule has 2 atom stereocenters. The van der Waals surface area contributed by atoms with Crippen molar-refractivity contribution in [3.63, 3.8) is 0 Å². The fourth-order valence-electron chi connectivity index (χ4n) is 1.26. The number of nitro groups is 1. The van der Waals surface area contributed by atoms with Crippen LogP contribution in [0.3, 0.4) is 0 Å². The number of imidazole rings is 1. The lowest BCUT2D eigenvalue weighted by molar-refractivity contribution is -0.397. The third kappa shape index (κ3) is 3.48. The molecule has 17 heavy (non-hydrogen) atoms. The van der Waals surface area contributed by atoms with Crippen LogP contribution in [0.5, 0.6) is 0 Å². The van der Waals surface area contributed by atoms with Gasteiger partial charge in [-0.25, -0.2) is 4.57 Å². The van der Waals surface area contributed by atoms with Crippen LogP contribution in [0.1, 0.15) is 6.92 Å². The van der Waals surface area contributed by atoms with Crippen molar-refractivity contribution in [3.05, 3.63) is 22.5 Å². The smallest absolute Gasteiger partial charge is 0.396 e. The first-order valence-corrected chi connectivity index (χ1v) is 5.09. The third-order valence-corrected chi connectivity index (χ3v) is 2.39. The number of hydrogen-bond acceptors (Lipinski definition) is 6. The molecule has 1 heterocycles. The first-order valence-electron chi connectivity index (χ1n) is 5.09. The summed E-state index contributed by atoms with van der Waals surface area (Å²) in [5, 5.41) is 28.5. The summed E-state index contributed by atoms with van der Waals surface area (Å²) in [5.41, 5.74) is 0. The summed E-state index contributed by atoms with van der Waals surface area (Å²) in [6, 6.07) is 0. The van der Waals surface area contributed by atoms with Gasteiger partial charge >= 0.3 is 5.95 Å². The summed E-state index contributed by atoms with van der Waals surface area (Å²) >= 11 is 0. The Hall–Kier alpha value is -1.51. The van der Waals surface area contributed by atoms with Gasteiger partial charge in [0.2, 0.25) is 0 Å². The van der Waals surface area contributed by atoms with Gasteiger partial charge in [0.15, 0.2) is 6.73 Å². The molecule has 0 spiro atoms. The Morgan fingerprint density at radius 3 is 2.82 bits per heavy atom. The van der Waals surface area contributed by atoms with Crippen LogP contribution in [0, 0.1) is 16.0 Å². The van der Waals surface area contributed by atoms with Crippen LogP contribution in [0.2, 0.25) is 0 Å². The van der Waals surface area contributed by atoms with Crippen molar-refractivity contribution in [1.82, 2.24) is 9.55 Å². The van der Waals surface area contributed by atoms with Gasteiger partial charge in [0, 0.05) is 12.5 Å². The van der Waals surface area contributed by atoms with Gasteiger partial charge in [0.05, 0.1) is 12.7 Å². The highest BCUT2D eigenvalue weighted by atomic mass is 16.6. The lowest BCUT2D eigenvalue weighted by Crippen LogP contribution is -2.29. The van der Waals surface area contributed by atoms with Gasteiger partial charge in [-0.1, -0.05) is 11.9 Å². The molecule has 96 valence electrons. The molecule has 0 aliphatic rings. The highest BCUT2D eigenvalue weighted by molar-refractivity contribution is 5.05. The minimum atomic E-state index is -0.618. The van der Waals surface area contributed by atoms with E-state index >= 15 is 0 Å². The van der Waals surface area contributed by atoms with Crippen LogP contribution in [-0.2, 0) is 11.5 Å². The summed E-state index contributed by atoms with van der Waals surface area (Å²) < 4.78 is 6.50. The van der Waals surface area contributed by atoms with Gasteiger partial charge in [-0.2, -0.15) is 0 Å². The van der Waals surface area contributed by atoms with Gasteiger partial charge in [-0.05, 0) is 4.92 Å². The minimum Gasteiger partial charge on any atom is -0.396 e. The number of aliphatic hydroxyl groups excluding tert-OH is 2. The molecule has 1 rings (SSSR count). The second-order valence-corrected chi connectivity index (χ2v) is 3.63. The molecule has 0 aliphatic carbocycles. The maximum Gasteiger partial charge on any atom is 0.436 e. The van der Waals surface area contributed by atoms with Gasteiger partial charge in [-0.15, -0.1) is 0 Å². The second kappa shape index (κ2) is 6.28. The minimum absolute atomic E-state index is 0.0914. The molecule has 0 bridgehead atoms. The lowest BCUT2D eigenvalue weighted by atomic mass is 10.1. The average Bonchev–Trinajstić information content (AvgIpc) is 2.77. The van der Waals surface area contributed by atoms with Gasteiger partial charge in [-0.3, -0.25) is 0 Å². The van der Waals surface area contributed by atoms with E-state index < -0.39 is 11.0 Å². The van der Waals surface area contributed by atoms with Crippen molar-refractivity contribution in [3.8, 4) is 0 Å². The Morgan fingerprint density at radius 2 is 2.29 bits per heavy atom. The topological polar surface area (TPSA) is 111 Å². The molecule has 0 aromatic carbocycles. The average molecular weight is 245 g/mol. The summed E-state index contributed by atoms with van der Waals surface area (Å²) in [5.74, 6) is -0.569.